The fraction of sp³-hybridized carbons (Fsp3) is 0.250. The topological polar surface area (TPSA) is 104 Å². The summed E-state index contributed by atoms with van der Waals surface area (Å²) in [5.74, 6) is 0.886. The van der Waals surface area contributed by atoms with Crippen molar-refractivity contribution in [2.45, 2.75) is 26.2 Å². The number of aromatic nitrogens is 1. The summed E-state index contributed by atoms with van der Waals surface area (Å²) in [6, 6.07) is 14.8. The number of para-hydroxylation sites is 1. The van der Waals surface area contributed by atoms with Crippen LogP contribution in [0.5, 0.6) is 11.5 Å². The van der Waals surface area contributed by atoms with E-state index in [1.54, 1.807) is 26.4 Å². The predicted molar refractivity (Wildman–Crippen MR) is 142 cm³/mol. The van der Waals surface area contributed by atoms with Crippen molar-refractivity contribution in [1.29, 1.82) is 0 Å². The normalized spacial score (nSPS) is 14.8. The molecule has 0 fully saturated rings. The minimum Gasteiger partial charge on any atom is -0.493 e. The Bertz CT molecular complexity index is 1490. The number of thiophene rings is 1. The third kappa shape index (κ3) is 4.28. The van der Waals surface area contributed by atoms with E-state index < -0.39 is 5.91 Å². The molecule has 0 spiro atoms. The van der Waals surface area contributed by atoms with Crippen molar-refractivity contribution in [3.63, 3.8) is 0 Å². The minimum absolute atomic E-state index is 0.315. The summed E-state index contributed by atoms with van der Waals surface area (Å²) in [4.78, 5) is 31.9. The number of hydrogen-bond donors (Lipinski definition) is 2. The van der Waals surface area contributed by atoms with Gasteiger partial charge in [-0.05, 0) is 61.1 Å². The lowest BCUT2D eigenvalue weighted by molar-refractivity contribution is 0.1000. The molecule has 184 valence electrons. The molecule has 0 aliphatic heterocycles. The molecule has 2 aromatic heterocycles. The van der Waals surface area contributed by atoms with Gasteiger partial charge in [0.05, 0.1) is 36.6 Å². The highest BCUT2D eigenvalue weighted by Crippen LogP contribution is 2.40. The van der Waals surface area contributed by atoms with Crippen LogP contribution in [0.2, 0.25) is 0 Å². The molecule has 0 bridgehead atoms. The van der Waals surface area contributed by atoms with Crippen molar-refractivity contribution in [3.8, 4) is 22.8 Å². The molecular weight excluding hydrogens is 474 g/mol. The predicted octanol–water partition coefficient (Wildman–Crippen LogP) is 5.46. The maximum absolute atomic E-state index is 13.7. The van der Waals surface area contributed by atoms with Gasteiger partial charge in [-0.1, -0.05) is 25.1 Å². The van der Waals surface area contributed by atoms with Crippen LogP contribution in [-0.2, 0) is 12.8 Å². The van der Waals surface area contributed by atoms with Crippen LogP contribution >= 0.6 is 11.3 Å². The number of methoxy groups -OCH3 is 2. The molecule has 1 aliphatic rings. The highest BCUT2D eigenvalue weighted by atomic mass is 32.1. The average molecular weight is 502 g/mol. The number of nitrogens with two attached hydrogens (primary N) is 1. The van der Waals surface area contributed by atoms with Gasteiger partial charge in [-0.3, -0.25) is 9.59 Å². The number of nitrogens with one attached hydrogen (secondary N) is 1. The second-order valence-electron chi connectivity index (χ2n) is 9.02. The lowest BCUT2D eigenvalue weighted by atomic mass is 9.88. The van der Waals surface area contributed by atoms with Crippen LogP contribution in [-0.4, -0.2) is 31.0 Å². The smallest absolute Gasteiger partial charge is 0.257 e. The minimum atomic E-state index is -0.511. The monoisotopic (exact) mass is 501 g/mol. The quantitative estimate of drug-likeness (QED) is 0.365. The zero-order valence-electron chi connectivity index (χ0n) is 20.4. The molecular formula is C28H27N3O4S. The first-order valence-corrected chi connectivity index (χ1v) is 12.6. The molecule has 36 heavy (non-hydrogen) atoms. The number of ether oxygens (including phenoxy) is 2. The maximum atomic E-state index is 13.7. The Balaban J connectivity index is 1.58. The Morgan fingerprint density at radius 1 is 1.08 bits per heavy atom. The summed E-state index contributed by atoms with van der Waals surface area (Å²) in [7, 11) is 3.16. The fourth-order valence-electron chi connectivity index (χ4n) is 4.78. The summed E-state index contributed by atoms with van der Waals surface area (Å²) >= 11 is 1.45. The summed E-state index contributed by atoms with van der Waals surface area (Å²) < 4.78 is 10.8. The van der Waals surface area contributed by atoms with E-state index in [1.165, 1.54) is 11.3 Å². The lowest BCUT2D eigenvalue weighted by Crippen LogP contribution is -2.19. The van der Waals surface area contributed by atoms with Gasteiger partial charge in [-0.15, -0.1) is 11.3 Å². The zero-order chi connectivity index (χ0) is 25.4. The highest BCUT2D eigenvalue weighted by Gasteiger charge is 2.28. The first-order valence-electron chi connectivity index (χ1n) is 11.8. The molecule has 7 nitrogen and oxygen atoms in total. The standard InChI is InChI=1S/C28H27N3O4S/c1-15-8-10-18-24(12-15)36-28(25(18)26(29)32)31-27(33)19-14-21(30-20-7-5-4-6-17(19)20)16-9-11-22(34-2)23(13-16)35-3/h4-7,9,11,13-15H,8,10,12H2,1-3H3,(H2,29,32)(H,31,33). The Kier molecular flexibility index (Phi) is 6.36. The molecule has 0 saturated carbocycles. The van der Waals surface area contributed by atoms with Gasteiger partial charge in [-0.25, -0.2) is 4.98 Å². The molecule has 8 heteroatoms. The summed E-state index contributed by atoms with van der Waals surface area (Å²) in [5, 5.41) is 4.23. The Labute approximate surface area is 213 Å². The third-order valence-corrected chi connectivity index (χ3v) is 7.80. The molecule has 5 rings (SSSR count). The van der Waals surface area contributed by atoms with Gasteiger partial charge in [0, 0.05) is 15.8 Å². The first kappa shape index (κ1) is 23.8. The molecule has 2 heterocycles. The Hall–Kier alpha value is -3.91. The maximum Gasteiger partial charge on any atom is 0.257 e. The van der Waals surface area contributed by atoms with Gasteiger partial charge in [0.2, 0.25) is 0 Å². The van der Waals surface area contributed by atoms with Gasteiger partial charge in [0.25, 0.3) is 11.8 Å². The number of pyridine rings is 1. The number of primary amides is 1. The van der Waals surface area contributed by atoms with E-state index in [1.807, 2.05) is 36.4 Å². The van der Waals surface area contributed by atoms with Gasteiger partial charge in [0.15, 0.2) is 11.5 Å². The highest BCUT2D eigenvalue weighted by molar-refractivity contribution is 7.17. The number of anilines is 1. The summed E-state index contributed by atoms with van der Waals surface area (Å²) in [6.07, 6.45) is 2.68. The van der Waals surface area contributed by atoms with E-state index in [0.717, 1.165) is 40.7 Å². The number of hydrogen-bond acceptors (Lipinski definition) is 6. The van der Waals surface area contributed by atoms with Crippen LogP contribution < -0.4 is 20.5 Å². The van der Waals surface area contributed by atoms with Crippen molar-refractivity contribution >= 4 is 39.1 Å². The molecule has 1 atom stereocenters. The molecule has 1 aliphatic carbocycles. The number of carbonyl (C=O) groups excluding carboxylic acids is 2. The van der Waals surface area contributed by atoms with E-state index in [2.05, 4.69) is 12.2 Å². The van der Waals surface area contributed by atoms with E-state index >= 15 is 0 Å². The van der Waals surface area contributed by atoms with Crippen molar-refractivity contribution in [2.75, 3.05) is 19.5 Å². The molecule has 3 N–H and O–H groups in total. The number of nitrogens with zero attached hydrogens (tertiary/aromatic N) is 1. The number of rotatable bonds is 6. The SMILES string of the molecule is COc1ccc(-c2cc(C(=O)Nc3sc4c(c3C(N)=O)CCC(C)C4)c3ccccc3n2)cc1OC. The van der Waals surface area contributed by atoms with Crippen LogP contribution in [0.15, 0.2) is 48.5 Å². The Morgan fingerprint density at radius 3 is 2.61 bits per heavy atom. The van der Waals surface area contributed by atoms with Gasteiger partial charge >= 0.3 is 0 Å². The van der Waals surface area contributed by atoms with Crippen LogP contribution in [0.3, 0.4) is 0 Å². The van der Waals surface area contributed by atoms with E-state index in [4.69, 9.17) is 20.2 Å². The van der Waals surface area contributed by atoms with Crippen LogP contribution in [0.25, 0.3) is 22.2 Å². The number of fused-ring (bicyclic) bond motifs is 2. The van der Waals surface area contributed by atoms with E-state index in [-0.39, 0.29) is 5.91 Å². The summed E-state index contributed by atoms with van der Waals surface area (Å²) in [6.45, 7) is 2.20. The van der Waals surface area contributed by atoms with Gasteiger partial charge < -0.3 is 20.5 Å². The molecule has 2 amide bonds. The van der Waals surface area contributed by atoms with Gasteiger partial charge in [-0.2, -0.15) is 0 Å². The Morgan fingerprint density at radius 2 is 1.86 bits per heavy atom. The molecule has 0 saturated heterocycles. The fourth-order valence-corrected chi connectivity index (χ4v) is 6.19. The zero-order valence-corrected chi connectivity index (χ0v) is 21.2. The number of benzene rings is 2. The lowest BCUT2D eigenvalue weighted by Gasteiger charge is -2.18. The van der Waals surface area contributed by atoms with Crippen molar-refractivity contribution < 1.29 is 19.1 Å². The van der Waals surface area contributed by atoms with Crippen LogP contribution in [0.4, 0.5) is 5.00 Å². The average Bonchev–Trinajstić information content (AvgIpc) is 3.24. The van der Waals surface area contributed by atoms with Crippen LogP contribution in [0, 0.1) is 5.92 Å². The van der Waals surface area contributed by atoms with Crippen molar-refractivity contribution in [2.24, 2.45) is 11.7 Å². The first-order chi connectivity index (χ1) is 17.4. The number of carbonyl (C=O) groups is 2. The van der Waals surface area contributed by atoms with Crippen molar-refractivity contribution in [1.82, 2.24) is 4.98 Å². The largest absolute Gasteiger partial charge is 0.493 e. The van der Waals surface area contributed by atoms with Crippen LogP contribution in [0.1, 0.15) is 44.5 Å². The second-order valence-corrected chi connectivity index (χ2v) is 10.1. The van der Waals surface area contributed by atoms with E-state index in [0.29, 0.717) is 44.8 Å². The summed E-state index contributed by atoms with van der Waals surface area (Å²) in [5.41, 5.74) is 9.72. The molecule has 2 aromatic carbocycles. The van der Waals surface area contributed by atoms with Crippen molar-refractivity contribution in [3.05, 3.63) is 70.1 Å². The number of amides is 2. The van der Waals surface area contributed by atoms with Gasteiger partial charge in [0.1, 0.15) is 5.00 Å². The molecule has 0 radical (unpaired) electrons. The van der Waals surface area contributed by atoms with E-state index in [9.17, 15) is 9.59 Å². The molecule has 4 aromatic rings. The third-order valence-electron chi connectivity index (χ3n) is 6.63. The molecule has 1 unspecified atom stereocenters. The second kappa shape index (κ2) is 9.62.